The van der Waals surface area contributed by atoms with Crippen molar-refractivity contribution in [3.05, 3.63) is 246 Å². The zero-order chi connectivity index (χ0) is 41.7. The Labute approximate surface area is 364 Å². The van der Waals surface area contributed by atoms with E-state index in [2.05, 4.69) is 198 Å². The van der Waals surface area contributed by atoms with Gasteiger partial charge in [-0.15, -0.1) is 0 Å². The fourth-order valence-electron chi connectivity index (χ4n) is 8.75. The van der Waals surface area contributed by atoms with E-state index in [4.69, 9.17) is 9.98 Å². The Bertz CT molecular complexity index is 2890. The van der Waals surface area contributed by atoms with Crippen molar-refractivity contribution in [1.82, 2.24) is 15.3 Å². The van der Waals surface area contributed by atoms with Gasteiger partial charge in [-0.1, -0.05) is 140 Å². The minimum Gasteiger partial charge on any atom is -0.344 e. The summed E-state index contributed by atoms with van der Waals surface area (Å²) in [7, 11) is 0. The molecule has 0 saturated carbocycles. The van der Waals surface area contributed by atoms with E-state index in [0.29, 0.717) is 11.8 Å². The number of hydrogen-bond acceptors (Lipinski definition) is 5. The van der Waals surface area contributed by atoms with Crippen molar-refractivity contribution in [3.8, 4) is 22.3 Å². The fourth-order valence-corrected chi connectivity index (χ4v) is 8.75. The molecule has 62 heavy (non-hydrogen) atoms. The van der Waals surface area contributed by atoms with Crippen molar-refractivity contribution < 1.29 is 0 Å². The number of nitrogens with one attached hydrogen (secondary N) is 1. The number of amidine groups is 2. The van der Waals surface area contributed by atoms with E-state index in [1.54, 1.807) is 0 Å². The van der Waals surface area contributed by atoms with Crippen LogP contribution in [0, 0.1) is 5.92 Å². The number of rotatable bonds is 9. The van der Waals surface area contributed by atoms with Crippen LogP contribution in [0.2, 0.25) is 0 Å². The highest BCUT2D eigenvalue weighted by Crippen LogP contribution is 2.38. The van der Waals surface area contributed by atoms with E-state index in [0.717, 1.165) is 75.4 Å². The average molecular weight is 802 g/mol. The molecule has 5 heteroatoms. The van der Waals surface area contributed by atoms with Crippen molar-refractivity contribution in [2.75, 3.05) is 0 Å². The van der Waals surface area contributed by atoms with Crippen LogP contribution in [0.4, 0.5) is 0 Å². The van der Waals surface area contributed by atoms with Gasteiger partial charge in [-0.2, -0.15) is 0 Å². The molecule has 0 bridgehead atoms. The first-order valence-electron chi connectivity index (χ1n) is 21.6. The van der Waals surface area contributed by atoms with Crippen LogP contribution in [-0.4, -0.2) is 21.6 Å². The molecule has 3 heterocycles. The molecule has 1 aliphatic heterocycles. The molecule has 10 rings (SSSR count). The van der Waals surface area contributed by atoms with Crippen LogP contribution in [0.1, 0.15) is 77.5 Å². The lowest BCUT2D eigenvalue weighted by Crippen LogP contribution is -2.33. The molecular weight excluding hydrogens is 755 g/mol. The van der Waals surface area contributed by atoms with Crippen molar-refractivity contribution >= 4 is 28.4 Å². The predicted octanol–water partition coefficient (Wildman–Crippen LogP) is 13.3. The maximum Gasteiger partial charge on any atom is 0.159 e. The number of hydrogen-bond donors (Lipinski definition) is 1. The zero-order valence-corrected chi connectivity index (χ0v) is 34.8. The lowest BCUT2D eigenvalue weighted by atomic mass is 9.87. The number of benzene rings is 5. The Morgan fingerprint density at radius 1 is 0.565 bits per heavy atom. The maximum absolute atomic E-state index is 5.51. The molecule has 0 spiro atoms. The summed E-state index contributed by atoms with van der Waals surface area (Å²) in [6.45, 7) is 2.35. The molecular formula is C57H47N5. The molecule has 5 nitrogen and oxygen atoms in total. The summed E-state index contributed by atoms with van der Waals surface area (Å²) in [6, 6.07) is 57.8. The van der Waals surface area contributed by atoms with Crippen LogP contribution in [-0.2, 0) is 0 Å². The van der Waals surface area contributed by atoms with Gasteiger partial charge in [-0.05, 0) is 142 Å². The lowest BCUT2D eigenvalue weighted by Gasteiger charge is -2.26. The Hall–Kier alpha value is -7.50. The van der Waals surface area contributed by atoms with E-state index in [1.165, 1.54) is 27.8 Å². The van der Waals surface area contributed by atoms with Gasteiger partial charge in [0.25, 0.3) is 0 Å². The first-order chi connectivity index (χ1) is 30.6. The Balaban J connectivity index is 1.10. The summed E-state index contributed by atoms with van der Waals surface area (Å²) in [5, 5.41) is 3.79. The quantitative estimate of drug-likeness (QED) is 0.158. The first kappa shape index (κ1) is 38.7. The topological polar surface area (TPSA) is 62.5 Å². The second kappa shape index (κ2) is 17.6. The van der Waals surface area contributed by atoms with Crippen LogP contribution < -0.4 is 5.32 Å². The molecule has 7 aromatic rings. The lowest BCUT2D eigenvalue weighted by molar-refractivity contribution is 0.671. The fraction of sp³-hybridized carbons (Fsp3) is 0.123. The Morgan fingerprint density at radius 2 is 1.19 bits per heavy atom. The minimum atomic E-state index is -0.404. The van der Waals surface area contributed by atoms with Gasteiger partial charge in [-0.25, -0.2) is 9.98 Å². The Morgan fingerprint density at radius 3 is 1.87 bits per heavy atom. The van der Waals surface area contributed by atoms with Gasteiger partial charge in [0.2, 0.25) is 0 Å². The molecule has 1 N–H and O–H groups in total. The third kappa shape index (κ3) is 8.43. The highest BCUT2D eigenvalue weighted by atomic mass is 15.2. The van der Waals surface area contributed by atoms with Gasteiger partial charge in [-0.3, -0.25) is 9.97 Å². The predicted molar refractivity (Wildman–Crippen MR) is 256 cm³/mol. The molecule has 3 unspecified atom stereocenters. The molecule has 2 aliphatic carbocycles. The molecule has 300 valence electrons. The number of nitrogens with zero attached hydrogens (tertiary/aromatic N) is 4. The average Bonchev–Trinajstić information content (AvgIpc) is 3.56. The third-order valence-electron chi connectivity index (χ3n) is 12.1. The molecule has 3 atom stereocenters. The van der Waals surface area contributed by atoms with Gasteiger partial charge >= 0.3 is 0 Å². The monoisotopic (exact) mass is 801 g/mol. The van der Waals surface area contributed by atoms with Gasteiger partial charge in [0, 0.05) is 35.1 Å². The molecule has 0 fully saturated rings. The summed E-state index contributed by atoms with van der Waals surface area (Å²) < 4.78 is 0. The highest BCUT2D eigenvalue weighted by molar-refractivity contribution is 6.13. The van der Waals surface area contributed by atoms with Crippen LogP contribution >= 0.6 is 0 Å². The Kier molecular flexibility index (Phi) is 11.0. The summed E-state index contributed by atoms with van der Waals surface area (Å²) in [4.78, 5) is 20.2. The standard InChI is InChI=1S/C57H47N5/c1-39-23-24-43(53-21-11-13-31-58-53)29-30-52(39)49-34-48(41-17-7-3-8-18-41)37-51(38-49)57-61-55(45-19-9-4-10-20-45)60-56(62-57)50-35-46(40-15-5-2-6-16-40)33-47(36-50)42-25-27-44(28-26-42)54-22-12-14-32-59-54/h2-22,25-27,29-39,44,57H,23-24,28H2,1H3,(H,60,61,62). The summed E-state index contributed by atoms with van der Waals surface area (Å²) >= 11 is 0. The minimum absolute atomic E-state index is 0.247. The van der Waals surface area contributed by atoms with E-state index >= 15 is 0 Å². The summed E-state index contributed by atoms with van der Waals surface area (Å²) in [5.41, 5.74) is 15.9. The van der Waals surface area contributed by atoms with E-state index in [9.17, 15) is 0 Å². The van der Waals surface area contributed by atoms with Crippen LogP contribution in [0.3, 0.4) is 0 Å². The first-order valence-corrected chi connectivity index (χ1v) is 21.6. The number of aromatic nitrogens is 2. The number of allylic oxidation sites excluding steroid dienone is 8. The number of aliphatic imine (C=N–C) groups is 2. The van der Waals surface area contributed by atoms with Crippen LogP contribution in [0.25, 0.3) is 39.0 Å². The van der Waals surface area contributed by atoms with E-state index < -0.39 is 6.17 Å². The largest absolute Gasteiger partial charge is 0.344 e. The molecule has 3 aliphatic rings. The second-order valence-corrected chi connectivity index (χ2v) is 16.3. The smallest absolute Gasteiger partial charge is 0.159 e. The van der Waals surface area contributed by atoms with Crippen LogP contribution in [0.5, 0.6) is 0 Å². The van der Waals surface area contributed by atoms with Crippen molar-refractivity contribution in [3.63, 3.8) is 0 Å². The van der Waals surface area contributed by atoms with E-state index in [1.807, 2.05) is 30.6 Å². The SMILES string of the molecule is CC1CCC(c2ccccn2)=CC=C1c1cc(-c2ccccc2)cc(C2N=C(c3cc(C4=CCC(c5ccccn5)C=C4)cc(-c4ccccc4)c3)N=C(c3ccccc3)N2)c1. The third-order valence-corrected chi connectivity index (χ3v) is 12.1. The molecule has 0 saturated heterocycles. The normalized spacial score (nSPS) is 18.6. The van der Waals surface area contributed by atoms with Gasteiger partial charge < -0.3 is 5.32 Å². The second-order valence-electron chi connectivity index (χ2n) is 16.3. The van der Waals surface area contributed by atoms with Gasteiger partial charge in [0.05, 0.1) is 5.69 Å². The van der Waals surface area contributed by atoms with Crippen LogP contribution in [0.15, 0.2) is 217 Å². The van der Waals surface area contributed by atoms with Gasteiger partial charge in [0.15, 0.2) is 5.84 Å². The number of pyridine rings is 2. The molecule has 0 amide bonds. The summed E-state index contributed by atoms with van der Waals surface area (Å²) in [5.74, 6) is 2.07. The van der Waals surface area contributed by atoms with E-state index in [-0.39, 0.29) is 5.92 Å². The molecule has 5 aromatic carbocycles. The van der Waals surface area contributed by atoms with Crippen molar-refractivity contribution in [2.45, 2.75) is 38.3 Å². The highest BCUT2D eigenvalue weighted by Gasteiger charge is 2.25. The molecule has 2 aromatic heterocycles. The van der Waals surface area contributed by atoms with Crippen molar-refractivity contribution in [1.29, 1.82) is 0 Å². The zero-order valence-electron chi connectivity index (χ0n) is 34.8. The van der Waals surface area contributed by atoms with Gasteiger partial charge in [0.1, 0.15) is 12.0 Å². The molecule has 0 radical (unpaired) electrons. The summed E-state index contributed by atoms with van der Waals surface area (Å²) in [6.07, 6.45) is 17.7. The van der Waals surface area contributed by atoms with Crippen molar-refractivity contribution in [2.24, 2.45) is 15.9 Å². The maximum atomic E-state index is 5.51.